The quantitative estimate of drug-likeness (QED) is 0.516. The van der Waals surface area contributed by atoms with Crippen LogP contribution in [0.3, 0.4) is 0 Å². The van der Waals surface area contributed by atoms with Crippen LogP contribution >= 0.6 is 0 Å². The van der Waals surface area contributed by atoms with Crippen LogP contribution < -0.4 is 10.2 Å². The van der Waals surface area contributed by atoms with Gasteiger partial charge in [-0.05, 0) is 96.0 Å². The second-order valence-corrected chi connectivity index (χ2v) is 13.7. The Labute approximate surface area is 250 Å². The van der Waals surface area contributed by atoms with Crippen molar-refractivity contribution in [2.24, 2.45) is 0 Å². The Kier molecular flexibility index (Phi) is 8.69. The van der Waals surface area contributed by atoms with Gasteiger partial charge in [-0.15, -0.1) is 0 Å². The van der Waals surface area contributed by atoms with Crippen molar-refractivity contribution < 1.29 is 19.1 Å². The van der Waals surface area contributed by atoms with E-state index in [1.165, 1.54) is 16.8 Å². The third-order valence-electron chi connectivity index (χ3n) is 8.16. The molecule has 1 saturated heterocycles. The molecule has 2 aliphatic heterocycles. The predicted molar refractivity (Wildman–Crippen MR) is 164 cm³/mol. The van der Waals surface area contributed by atoms with Gasteiger partial charge in [0, 0.05) is 57.2 Å². The zero-order valence-corrected chi connectivity index (χ0v) is 26.1. The van der Waals surface area contributed by atoms with Gasteiger partial charge in [0.25, 0.3) is 0 Å². The molecule has 3 aliphatic rings. The highest BCUT2D eigenvalue weighted by Gasteiger charge is 2.36. The van der Waals surface area contributed by atoms with Crippen LogP contribution in [0, 0.1) is 0 Å². The number of hydrogen-bond acceptors (Lipinski definition) is 7. The molecule has 0 saturated carbocycles. The normalized spacial score (nSPS) is 21.0. The lowest BCUT2D eigenvalue weighted by atomic mass is 9.90. The number of carbonyl (C=O) groups is 2. The Bertz CT molecular complexity index is 1280. The van der Waals surface area contributed by atoms with Gasteiger partial charge in [-0.25, -0.2) is 9.59 Å². The first-order chi connectivity index (χ1) is 19.9. The fraction of sp³-hybridized carbons (Fsp3) is 0.606. The van der Waals surface area contributed by atoms with Crippen LogP contribution in [0.5, 0.6) is 0 Å². The first kappa shape index (κ1) is 30.1. The van der Waals surface area contributed by atoms with E-state index < -0.39 is 11.2 Å². The maximum Gasteiger partial charge on any atom is 0.410 e. The lowest BCUT2D eigenvalue weighted by Gasteiger charge is -2.42. The van der Waals surface area contributed by atoms with E-state index in [0.717, 1.165) is 50.0 Å². The van der Waals surface area contributed by atoms with Gasteiger partial charge in [0.05, 0.1) is 11.7 Å². The molecule has 228 valence electrons. The Balaban J connectivity index is 1.34. The zero-order chi connectivity index (χ0) is 30.1. The average Bonchev–Trinajstić information content (AvgIpc) is 2.93. The molecular formula is C33H47N5O4. The predicted octanol–water partition coefficient (Wildman–Crippen LogP) is 5.47. The number of pyridine rings is 1. The molecule has 2 atom stereocenters. The number of rotatable bonds is 4. The van der Waals surface area contributed by atoms with Crippen LogP contribution in [0.15, 0.2) is 36.5 Å². The zero-order valence-electron chi connectivity index (χ0n) is 26.1. The van der Waals surface area contributed by atoms with Crippen molar-refractivity contribution in [1.82, 2.24) is 20.1 Å². The smallest absolute Gasteiger partial charge is 0.410 e. The number of nitrogens with zero attached hydrogens (tertiary/aromatic N) is 4. The molecule has 9 nitrogen and oxygen atoms in total. The lowest BCUT2D eigenvalue weighted by molar-refractivity contribution is 0.0116. The Morgan fingerprint density at radius 3 is 2.33 bits per heavy atom. The largest absolute Gasteiger partial charge is 0.444 e. The summed E-state index contributed by atoms with van der Waals surface area (Å²) in [5, 5.41) is 3.78. The molecule has 0 bridgehead atoms. The van der Waals surface area contributed by atoms with Gasteiger partial charge in [-0.1, -0.05) is 18.2 Å². The molecule has 0 spiro atoms. The highest BCUT2D eigenvalue weighted by molar-refractivity contribution is 5.71. The standard InChI is InChI=1S/C33H47N5O4/c1-32(2,3)41-30(39)37-18-16-36(17-19-37)28-14-8-11-24-22-38(31(40)42-33(4,5)6)25(20-26(24)28)21-35-27-13-7-10-23-12-9-15-34-29(23)27/h8-9,11-12,14-15,25,27,35H,7,10,13,16-22H2,1-6H3/t25-,27+/m1/s1. The number of amides is 2. The van der Waals surface area contributed by atoms with Gasteiger partial charge in [-0.3, -0.25) is 9.88 Å². The average molecular weight is 578 g/mol. The summed E-state index contributed by atoms with van der Waals surface area (Å²) in [4.78, 5) is 36.9. The summed E-state index contributed by atoms with van der Waals surface area (Å²) in [6.45, 7) is 15.3. The molecule has 3 heterocycles. The Hall–Kier alpha value is -3.33. The minimum atomic E-state index is -0.572. The molecule has 1 N–H and O–H groups in total. The molecule has 2 aromatic rings. The minimum Gasteiger partial charge on any atom is -0.444 e. The van der Waals surface area contributed by atoms with Crippen LogP contribution in [0.25, 0.3) is 0 Å². The fourth-order valence-corrected chi connectivity index (χ4v) is 6.22. The molecule has 0 radical (unpaired) electrons. The molecule has 42 heavy (non-hydrogen) atoms. The van der Waals surface area contributed by atoms with E-state index in [1.54, 1.807) is 4.90 Å². The van der Waals surface area contributed by atoms with Crippen molar-refractivity contribution in [1.29, 1.82) is 0 Å². The third-order valence-corrected chi connectivity index (χ3v) is 8.16. The Morgan fingerprint density at radius 2 is 1.62 bits per heavy atom. The second kappa shape index (κ2) is 12.1. The summed E-state index contributed by atoms with van der Waals surface area (Å²) < 4.78 is 11.5. The molecule has 1 aliphatic carbocycles. The number of benzene rings is 1. The van der Waals surface area contributed by atoms with Crippen molar-refractivity contribution in [3.8, 4) is 0 Å². The number of fused-ring (bicyclic) bond motifs is 2. The van der Waals surface area contributed by atoms with E-state index in [9.17, 15) is 9.59 Å². The number of piperazine rings is 1. The van der Waals surface area contributed by atoms with Crippen molar-refractivity contribution >= 4 is 17.9 Å². The number of ether oxygens (including phenoxy) is 2. The number of aryl methyl sites for hydroxylation is 1. The number of anilines is 1. The van der Waals surface area contributed by atoms with Crippen molar-refractivity contribution in [2.75, 3.05) is 37.6 Å². The first-order valence-corrected chi connectivity index (χ1v) is 15.4. The molecule has 1 aromatic carbocycles. The molecule has 9 heteroatoms. The van der Waals surface area contributed by atoms with Gasteiger partial charge < -0.3 is 24.6 Å². The van der Waals surface area contributed by atoms with E-state index >= 15 is 0 Å². The SMILES string of the molecule is CC(C)(C)OC(=O)N1CCN(c2cccc3c2C[C@H](CN[C@H]2CCCc4cccnc42)N(C(=O)OC(C)(C)C)C3)CC1. The molecule has 1 aromatic heterocycles. The maximum absolute atomic E-state index is 13.5. The lowest BCUT2D eigenvalue weighted by Crippen LogP contribution is -2.52. The van der Waals surface area contributed by atoms with E-state index in [0.29, 0.717) is 26.2 Å². The van der Waals surface area contributed by atoms with E-state index in [4.69, 9.17) is 14.5 Å². The summed E-state index contributed by atoms with van der Waals surface area (Å²) in [5.74, 6) is 0. The summed E-state index contributed by atoms with van der Waals surface area (Å²) >= 11 is 0. The third kappa shape index (κ3) is 7.17. The van der Waals surface area contributed by atoms with Crippen LogP contribution in [-0.4, -0.2) is 76.9 Å². The Morgan fingerprint density at radius 1 is 0.929 bits per heavy atom. The molecule has 2 amide bonds. The summed E-state index contributed by atoms with van der Waals surface area (Å²) in [6, 6.07) is 10.7. The van der Waals surface area contributed by atoms with Gasteiger partial charge in [0.1, 0.15) is 11.2 Å². The van der Waals surface area contributed by atoms with Crippen LogP contribution in [0.4, 0.5) is 15.3 Å². The first-order valence-electron chi connectivity index (χ1n) is 15.4. The van der Waals surface area contributed by atoms with E-state index in [-0.39, 0.29) is 24.3 Å². The van der Waals surface area contributed by atoms with Gasteiger partial charge in [0.15, 0.2) is 0 Å². The summed E-state index contributed by atoms with van der Waals surface area (Å²) in [6.07, 6.45) is 5.29. The molecule has 1 fully saturated rings. The number of hydrogen-bond donors (Lipinski definition) is 1. The van der Waals surface area contributed by atoms with Crippen molar-refractivity contribution in [2.45, 2.75) is 97.1 Å². The topological polar surface area (TPSA) is 87.2 Å². The number of carbonyl (C=O) groups excluding carboxylic acids is 2. The maximum atomic E-state index is 13.5. The number of aromatic nitrogens is 1. The van der Waals surface area contributed by atoms with Crippen LogP contribution in [-0.2, 0) is 28.9 Å². The fourth-order valence-electron chi connectivity index (χ4n) is 6.22. The monoisotopic (exact) mass is 577 g/mol. The van der Waals surface area contributed by atoms with Crippen LogP contribution in [0.1, 0.15) is 82.8 Å². The molecular weight excluding hydrogens is 530 g/mol. The van der Waals surface area contributed by atoms with Crippen LogP contribution in [0.2, 0.25) is 0 Å². The summed E-state index contributed by atoms with van der Waals surface area (Å²) in [7, 11) is 0. The van der Waals surface area contributed by atoms with Gasteiger partial charge >= 0.3 is 12.2 Å². The van der Waals surface area contributed by atoms with E-state index in [2.05, 4.69) is 34.5 Å². The highest BCUT2D eigenvalue weighted by atomic mass is 16.6. The minimum absolute atomic E-state index is 0.0642. The van der Waals surface area contributed by atoms with Gasteiger partial charge in [-0.2, -0.15) is 0 Å². The second-order valence-electron chi connectivity index (χ2n) is 13.7. The number of nitrogens with one attached hydrogen (secondary N) is 1. The summed E-state index contributed by atoms with van der Waals surface area (Å²) in [5.41, 5.74) is 4.98. The van der Waals surface area contributed by atoms with Gasteiger partial charge in [0.2, 0.25) is 0 Å². The molecule has 5 rings (SSSR count). The highest BCUT2D eigenvalue weighted by Crippen LogP contribution is 2.34. The van der Waals surface area contributed by atoms with E-state index in [1.807, 2.05) is 58.7 Å². The van der Waals surface area contributed by atoms with Crippen molar-refractivity contribution in [3.63, 3.8) is 0 Å². The molecule has 0 unspecified atom stereocenters. The van der Waals surface area contributed by atoms with Crippen molar-refractivity contribution in [3.05, 3.63) is 58.9 Å².